The highest BCUT2D eigenvalue weighted by atomic mass is 16.5. The molecule has 4 amide bonds. The molecule has 3 aromatic carbocycles. The summed E-state index contributed by atoms with van der Waals surface area (Å²) in [7, 11) is 3.19. The van der Waals surface area contributed by atoms with Crippen molar-refractivity contribution in [3.63, 3.8) is 0 Å². The van der Waals surface area contributed by atoms with Crippen LogP contribution in [0, 0.1) is 0 Å². The number of amides is 4. The molecule has 0 radical (unpaired) electrons. The zero-order valence-electron chi connectivity index (χ0n) is 22.7. The SMILES string of the molecule is COc1ccc(NC(=O)N2CCCC2c2cc(C3CCCN3C(=O)Nc3ccc(OC)cc3)c(O)cc2N)cc1. The van der Waals surface area contributed by atoms with Gasteiger partial charge in [0.1, 0.15) is 17.2 Å². The lowest BCUT2D eigenvalue weighted by Gasteiger charge is -2.29. The summed E-state index contributed by atoms with van der Waals surface area (Å²) in [6.45, 7) is 1.15. The van der Waals surface area contributed by atoms with Crippen LogP contribution in [0.4, 0.5) is 26.7 Å². The monoisotopic (exact) mass is 545 g/mol. The van der Waals surface area contributed by atoms with E-state index in [0.717, 1.165) is 24.8 Å². The van der Waals surface area contributed by atoms with Crippen molar-refractivity contribution < 1.29 is 24.2 Å². The number of benzene rings is 3. The molecule has 3 aromatic rings. The van der Waals surface area contributed by atoms with Gasteiger partial charge in [-0.15, -0.1) is 0 Å². The summed E-state index contributed by atoms with van der Waals surface area (Å²) in [5.41, 5.74) is 9.55. The first-order valence-corrected chi connectivity index (χ1v) is 13.4. The van der Waals surface area contributed by atoms with Gasteiger partial charge in [-0.2, -0.15) is 0 Å². The molecule has 10 heteroatoms. The number of hydrogen-bond acceptors (Lipinski definition) is 6. The van der Waals surface area contributed by atoms with E-state index < -0.39 is 0 Å². The summed E-state index contributed by atoms with van der Waals surface area (Å²) < 4.78 is 10.4. The van der Waals surface area contributed by atoms with Crippen molar-refractivity contribution in [2.75, 3.05) is 43.7 Å². The number of urea groups is 2. The predicted octanol–water partition coefficient (Wildman–Crippen LogP) is 5.73. The van der Waals surface area contributed by atoms with Crippen molar-refractivity contribution in [3.05, 3.63) is 71.8 Å². The van der Waals surface area contributed by atoms with Crippen LogP contribution in [0.3, 0.4) is 0 Å². The molecular formula is C30H35N5O5. The van der Waals surface area contributed by atoms with Gasteiger partial charge in [-0.05, 0) is 85.8 Å². The minimum Gasteiger partial charge on any atom is -0.508 e. The van der Waals surface area contributed by atoms with Crippen LogP contribution in [0.25, 0.3) is 0 Å². The average Bonchev–Trinajstić information content (AvgIpc) is 3.65. The van der Waals surface area contributed by atoms with Gasteiger partial charge in [0.2, 0.25) is 0 Å². The molecule has 0 aliphatic carbocycles. The highest BCUT2D eigenvalue weighted by molar-refractivity contribution is 5.91. The van der Waals surface area contributed by atoms with Gasteiger partial charge in [0.25, 0.3) is 0 Å². The number of aromatic hydroxyl groups is 1. The van der Waals surface area contributed by atoms with E-state index in [2.05, 4.69) is 10.6 Å². The second-order valence-corrected chi connectivity index (χ2v) is 10.1. The number of phenols is 1. The summed E-state index contributed by atoms with van der Waals surface area (Å²) in [5, 5.41) is 16.8. The molecule has 210 valence electrons. The number of hydrogen-bond donors (Lipinski definition) is 4. The Kier molecular flexibility index (Phi) is 7.86. The molecule has 2 atom stereocenters. The molecule has 0 aromatic heterocycles. The Morgan fingerprint density at radius 3 is 1.68 bits per heavy atom. The van der Waals surface area contributed by atoms with Gasteiger partial charge < -0.3 is 40.7 Å². The smallest absolute Gasteiger partial charge is 0.322 e. The second-order valence-electron chi connectivity index (χ2n) is 10.1. The maximum Gasteiger partial charge on any atom is 0.322 e. The zero-order chi connectivity index (χ0) is 28.2. The lowest BCUT2D eigenvalue weighted by Crippen LogP contribution is -2.35. The molecular weight excluding hydrogens is 510 g/mol. The lowest BCUT2D eigenvalue weighted by atomic mass is 9.95. The molecule has 2 aliphatic rings. The Labute approximate surface area is 233 Å². The van der Waals surface area contributed by atoms with Crippen LogP contribution in [0.2, 0.25) is 0 Å². The summed E-state index contributed by atoms with van der Waals surface area (Å²) in [4.78, 5) is 30.0. The minimum atomic E-state index is -0.319. The standard InChI is InChI=1S/C30H35N5O5/c1-39-21-11-7-19(8-12-21)32-29(37)34-15-3-5-26(34)23-17-24(28(36)18-25(23)31)27-6-4-16-35(27)30(38)33-20-9-13-22(40-2)14-10-20/h7-14,17-18,26-27,36H,3-6,15-16,31H2,1-2H3,(H,32,37)(H,33,38). The van der Waals surface area contributed by atoms with E-state index in [9.17, 15) is 14.7 Å². The number of carbonyl (C=O) groups excluding carboxylic acids is 2. The molecule has 0 spiro atoms. The van der Waals surface area contributed by atoms with Gasteiger partial charge in [-0.3, -0.25) is 0 Å². The highest BCUT2D eigenvalue weighted by Crippen LogP contribution is 2.43. The van der Waals surface area contributed by atoms with Gasteiger partial charge >= 0.3 is 12.1 Å². The molecule has 2 unspecified atom stereocenters. The van der Waals surface area contributed by atoms with Crippen molar-refractivity contribution >= 4 is 29.1 Å². The third-order valence-electron chi connectivity index (χ3n) is 7.66. The highest BCUT2D eigenvalue weighted by Gasteiger charge is 2.35. The third kappa shape index (κ3) is 5.56. The van der Waals surface area contributed by atoms with Gasteiger partial charge in [0.15, 0.2) is 0 Å². The van der Waals surface area contributed by atoms with Crippen LogP contribution in [0.1, 0.15) is 48.9 Å². The minimum absolute atomic E-state index is 0.0441. The fourth-order valence-corrected chi connectivity index (χ4v) is 5.60. The molecule has 0 saturated carbocycles. The van der Waals surface area contributed by atoms with E-state index in [1.807, 2.05) is 6.07 Å². The predicted molar refractivity (Wildman–Crippen MR) is 154 cm³/mol. The Morgan fingerprint density at radius 2 is 1.23 bits per heavy atom. The average molecular weight is 546 g/mol. The zero-order valence-corrected chi connectivity index (χ0v) is 22.7. The first kappa shape index (κ1) is 27.0. The lowest BCUT2D eigenvalue weighted by molar-refractivity contribution is 0.206. The van der Waals surface area contributed by atoms with Crippen LogP contribution in [0.5, 0.6) is 17.2 Å². The fraction of sp³-hybridized carbons (Fsp3) is 0.333. The molecule has 2 saturated heterocycles. The molecule has 2 heterocycles. The number of rotatable bonds is 6. The maximum atomic E-state index is 13.3. The largest absolute Gasteiger partial charge is 0.508 e. The van der Waals surface area contributed by atoms with Crippen molar-refractivity contribution in [2.45, 2.75) is 37.8 Å². The number of anilines is 3. The van der Waals surface area contributed by atoms with Crippen LogP contribution in [-0.4, -0.2) is 54.3 Å². The van der Waals surface area contributed by atoms with Gasteiger partial charge in [0.05, 0.1) is 26.3 Å². The van der Waals surface area contributed by atoms with Crippen LogP contribution < -0.4 is 25.8 Å². The fourth-order valence-electron chi connectivity index (χ4n) is 5.60. The van der Waals surface area contributed by atoms with Crippen molar-refractivity contribution in [1.82, 2.24) is 9.80 Å². The molecule has 2 aliphatic heterocycles. The number of carbonyl (C=O) groups is 2. The van der Waals surface area contributed by atoms with E-state index in [4.69, 9.17) is 15.2 Å². The normalized spacial score (nSPS) is 18.4. The summed E-state index contributed by atoms with van der Waals surface area (Å²) >= 11 is 0. The van der Waals surface area contributed by atoms with Gasteiger partial charge in [-0.25, -0.2) is 9.59 Å². The van der Waals surface area contributed by atoms with Crippen molar-refractivity contribution in [2.24, 2.45) is 0 Å². The molecule has 0 bridgehead atoms. The summed E-state index contributed by atoms with van der Waals surface area (Å²) in [6.07, 6.45) is 3.09. The number of nitrogens with two attached hydrogens (primary N) is 1. The summed E-state index contributed by atoms with van der Waals surface area (Å²) in [5.74, 6) is 1.46. The number of methoxy groups -OCH3 is 2. The van der Waals surface area contributed by atoms with Gasteiger partial charge in [-0.1, -0.05) is 0 Å². The number of nitrogen functional groups attached to an aromatic ring is 1. The first-order valence-electron chi connectivity index (χ1n) is 13.4. The van der Waals surface area contributed by atoms with Crippen LogP contribution in [0.15, 0.2) is 60.7 Å². The molecule has 10 nitrogen and oxygen atoms in total. The topological polar surface area (TPSA) is 129 Å². The van der Waals surface area contributed by atoms with Crippen LogP contribution in [-0.2, 0) is 0 Å². The number of nitrogens with zero attached hydrogens (tertiary/aromatic N) is 2. The van der Waals surface area contributed by atoms with E-state index in [1.165, 1.54) is 0 Å². The van der Waals surface area contributed by atoms with E-state index in [-0.39, 0.29) is 29.9 Å². The molecule has 5 rings (SSSR count). The van der Waals surface area contributed by atoms with E-state index >= 15 is 0 Å². The Hall–Kier alpha value is -4.60. The van der Waals surface area contributed by atoms with Crippen molar-refractivity contribution in [1.29, 1.82) is 0 Å². The Bertz CT molecular complexity index is 1260. The van der Waals surface area contributed by atoms with Crippen molar-refractivity contribution in [3.8, 4) is 17.2 Å². The first-order chi connectivity index (χ1) is 19.4. The quantitative estimate of drug-likeness (QED) is 0.293. The maximum absolute atomic E-state index is 13.3. The number of phenolic OH excluding ortho intramolecular Hbond substituents is 1. The third-order valence-corrected chi connectivity index (χ3v) is 7.66. The molecule has 5 N–H and O–H groups in total. The van der Waals surface area contributed by atoms with E-state index in [1.54, 1.807) is 78.6 Å². The summed E-state index contributed by atoms with van der Waals surface area (Å²) in [6, 6.07) is 16.7. The Balaban J connectivity index is 1.35. The number of ether oxygens (including phenoxy) is 2. The van der Waals surface area contributed by atoms with Gasteiger partial charge in [0, 0.05) is 41.8 Å². The Morgan fingerprint density at radius 1 is 0.775 bits per heavy atom. The second kappa shape index (κ2) is 11.6. The number of nitrogens with one attached hydrogen (secondary N) is 2. The van der Waals surface area contributed by atoms with E-state index in [0.29, 0.717) is 53.6 Å². The molecule has 2 fully saturated rings. The number of likely N-dealkylation sites (tertiary alicyclic amines) is 2. The van der Waals surface area contributed by atoms with Crippen LogP contribution >= 0.6 is 0 Å². The molecule has 40 heavy (non-hydrogen) atoms.